The van der Waals surface area contributed by atoms with Crippen molar-refractivity contribution in [3.8, 4) is 0 Å². The third-order valence-corrected chi connectivity index (χ3v) is 2.45. The Labute approximate surface area is 91.7 Å². The van der Waals surface area contributed by atoms with Gasteiger partial charge in [-0.3, -0.25) is 0 Å². The van der Waals surface area contributed by atoms with Crippen molar-refractivity contribution < 1.29 is 5.11 Å². The smallest absolute Gasteiger partial charge is 0.0838 e. The maximum absolute atomic E-state index is 9.67. The molecule has 0 aliphatic heterocycles. The lowest BCUT2D eigenvalue weighted by Gasteiger charge is -2.24. The lowest BCUT2D eigenvalue weighted by molar-refractivity contribution is 0.181. The van der Waals surface area contributed by atoms with Crippen LogP contribution in [-0.4, -0.2) is 38.4 Å². The van der Waals surface area contributed by atoms with Gasteiger partial charge < -0.3 is 15.3 Å². The molecule has 0 fully saturated rings. The summed E-state index contributed by atoms with van der Waals surface area (Å²) >= 11 is 0. The molecule has 1 atom stereocenters. The number of rotatable bonds is 5. The molecule has 0 spiro atoms. The molecular weight excluding hydrogens is 188 g/mol. The molecule has 0 saturated carbocycles. The van der Waals surface area contributed by atoms with Gasteiger partial charge >= 0.3 is 0 Å². The van der Waals surface area contributed by atoms with Crippen LogP contribution in [0.15, 0.2) is 24.3 Å². The molecule has 2 N–H and O–H groups in total. The average Bonchev–Trinajstić information content (AvgIpc) is 2.18. The van der Waals surface area contributed by atoms with Crippen LogP contribution in [0.5, 0.6) is 0 Å². The van der Waals surface area contributed by atoms with E-state index in [1.807, 2.05) is 26.2 Å². The molecule has 0 amide bonds. The lowest BCUT2D eigenvalue weighted by Crippen LogP contribution is -2.35. The molecular formula is C12H20N2O. The molecule has 1 rings (SSSR count). The van der Waals surface area contributed by atoms with Gasteiger partial charge in [-0.1, -0.05) is 18.2 Å². The van der Waals surface area contributed by atoms with Gasteiger partial charge in [0.25, 0.3) is 0 Å². The van der Waals surface area contributed by atoms with Crippen LogP contribution in [0, 0.1) is 6.92 Å². The molecule has 0 radical (unpaired) electrons. The predicted molar refractivity (Wildman–Crippen MR) is 64.4 cm³/mol. The average molecular weight is 208 g/mol. The summed E-state index contributed by atoms with van der Waals surface area (Å²) in [5, 5.41) is 12.6. The quantitative estimate of drug-likeness (QED) is 0.758. The Morgan fingerprint density at radius 1 is 1.40 bits per heavy atom. The Hall–Kier alpha value is -1.06. The lowest BCUT2D eigenvalue weighted by atomic mass is 10.2. The van der Waals surface area contributed by atoms with E-state index in [1.165, 1.54) is 11.3 Å². The van der Waals surface area contributed by atoms with Crippen molar-refractivity contribution in [2.24, 2.45) is 0 Å². The number of nitrogens with zero attached hydrogens (tertiary/aromatic N) is 1. The second-order valence-electron chi connectivity index (χ2n) is 3.88. The van der Waals surface area contributed by atoms with Crippen LogP contribution in [0.2, 0.25) is 0 Å². The van der Waals surface area contributed by atoms with Gasteiger partial charge in [0.05, 0.1) is 6.10 Å². The zero-order valence-electron chi connectivity index (χ0n) is 9.70. The summed E-state index contributed by atoms with van der Waals surface area (Å²) in [5.74, 6) is 0. The van der Waals surface area contributed by atoms with Crippen LogP contribution in [0.25, 0.3) is 0 Å². The third-order valence-electron chi connectivity index (χ3n) is 2.45. The highest BCUT2D eigenvalue weighted by molar-refractivity contribution is 5.52. The summed E-state index contributed by atoms with van der Waals surface area (Å²) < 4.78 is 0. The molecule has 1 aromatic rings. The number of likely N-dealkylation sites (N-methyl/N-ethyl adjacent to an activating group) is 2. The first-order chi connectivity index (χ1) is 7.15. The number of benzene rings is 1. The van der Waals surface area contributed by atoms with Crippen molar-refractivity contribution in [2.75, 3.05) is 32.1 Å². The van der Waals surface area contributed by atoms with Gasteiger partial charge in [0.1, 0.15) is 0 Å². The van der Waals surface area contributed by atoms with Crippen LogP contribution in [-0.2, 0) is 0 Å². The first-order valence-electron chi connectivity index (χ1n) is 5.24. The van der Waals surface area contributed by atoms with E-state index in [2.05, 4.69) is 29.3 Å². The molecule has 0 heterocycles. The van der Waals surface area contributed by atoms with Crippen LogP contribution in [0.1, 0.15) is 5.56 Å². The highest BCUT2D eigenvalue weighted by atomic mass is 16.3. The Bertz CT molecular complexity index is 301. The highest BCUT2D eigenvalue weighted by Crippen LogP contribution is 2.17. The van der Waals surface area contributed by atoms with Crippen molar-refractivity contribution >= 4 is 5.69 Å². The minimum atomic E-state index is -0.334. The van der Waals surface area contributed by atoms with E-state index in [0.29, 0.717) is 13.1 Å². The van der Waals surface area contributed by atoms with E-state index in [1.54, 1.807) is 0 Å². The van der Waals surface area contributed by atoms with Crippen molar-refractivity contribution in [3.05, 3.63) is 29.8 Å². The Morgan fingerprint density at radius 2 is 2.07 bits per heavy atom. The van der Waals surface area contributed by atoms with Gasteiger partial charge in [-0.05, 0) is 25.6 Å². The maximum Gasteiger partial charge on any atom is 0.0838 e. The topological polar surface area (TPSA) is 35.5 Å². The van der Waals surface area contributed by atoms with E-state index in [-0.39, 0.29) is 6.10 Å². The summed E-state index contributed by atoms with van der Waals surface area (Å²) in [6, 6.07) is 8.19. The number of para-hydroxylation sites is 1. The number of aliphatic hydroxyl groups is 1. The van der Waals surface area contributed by atoms with Gasteiger partial charge in [-0.25, -0.2) is 0 Å². The van der Waals surface area contributed by atoms with Crippen LogP contribution >= 0.6 is 0 Å². The molecule has 0 bridgehead atoms. The number of hydrogen-bond donors (Lipinski definition) is 2. The van der Waals surface area contributed by atoms with Gasteiger partial charge in [-0.15, -0.1) is 0 Å². The second-order valence-corrected chi connectivity index (χ2v) is 3.88. The standard InChI is InChI=1S/C12H20N2O/c1-10-6-4-5-7-12(10)14(3)9-11(15)8-13-2/h4-7,11,13,15H,8-9H2,1-3H3. The fourth-order valence-corrected chi connectivity index (χ4v) is 1.71. The van der Waals surface area contributed by atoms with Crippen molar-refractivity contribution in [1.82, 2.24) is 5.32 Å². The molecule has 0 aliphatic rings. The molecule has 0 aliphatic carbocycles. The van der Waals surface area contributed by atoms with Gasteiger partial charge in [0, 0.05) is 25.8 Å². The monoisotopic (exact) mass is 208 g/mol. The largest absolute Gasteiger partial charge is 0.390 e. The van der Waals surface area contributed by atoms with Crippen LogP contribution < -0.4 is 10.2 Å². The molecule has 1 aromatic carbocycles. The summed E-state index contributed by atoms with van der Waals surface area (Å²) in [6.45, 7) is 3.35. The summed E-state index contributed by atoms with van der Waals surface area (Å²) in [4.78, 5) is 2.08. The minimum absolute atomic E-state index is 0.334. The molecule has 3 heteroatoms. The van der Waals surface area contributed by atoms with Crippen LogP contribution in [0.3, 0.4) is 0 Å². The highest BCUT2D eigenvalue weighted by Gasteiger charge is 2.08. The third kappa shape index (κ3) is 3.53. The number of nitrogens with one attached hydrogen (secondary N) is 1. The minimum Gasteiger partial charge on any atom is -0.390 e. The first kappa shape index (κ1) is 12.0. The molecule has 0 saturated heterocycles. The van der Waals surface area contributed by atoms with Gasteiger partial charge in [-0.2, -0.15) is 0 Å². The van der Waals surface area contributed by atoms with Gasteiger partial charge in [0.15, 0.2) is 0 Å². The first-order valence-corrected chi connectivity index (χ1v) is 5.24. The van der Waals surface area contributed by atoms with Crippen molar-refractivity contribution in [2.45, 2.75) is 13.0 Å². The zero-order chi connectivity index (χ0) is 11.3. The molecule has 1 unspecified atom stereocenters. The van der Waals surface area contributed by atoms with E-state index in [4.69, 9.17) is 0 Å². The summed E-state index contributed by atoms with van der Waals surface area (Å²) in [5.41, 5.74) is 2.41. The Morgan fingerprint density at radius 3 is 2.67 bits per heavy atom. The molecule has 15 heavy (non-hydrogen) atoms. The fourth-order valence-electron chi connectivity index (χ4n) is 1.71. The van der Waals surface area contributed by atoms with E-state index >= 15 is 0 Å². The van der Waals surface area contributed by atoms with E-state index < -0.39 is 0 Å². The SMILES string of the molecule is CNCC(O)CN(C)c1ccccc1C. The zero-order valence-corrected chi connectivity index (χ0v) is 9.70. The Kier molecular flexibility index (Phi) is 4.59. The summed E-state index contributed by atoms with van der Waals surface area (Å²) in [7, 11) is 3.85. The van der Waals surface area contributed by atoms with Gasteiger partial charge in [0.2, 0.25) is 0 Å². The second kappa shape index (κ2) is 5.73. The molecule has 84 valence electrons. The number of hydrogen-bond acceptors (Lipinski definition) is 3. The van der Waals surface area contributed by atoms with E-state index in [0.717, 1.165) is 0 Å². The maximum atomic E-state index is 9.67. The van der Waals surface area contributed by atoms with Crippen molar-refractivity contribution in [1.29, 1.82) is 0 Å². The normalized spacial score (nSPS) is 12.5. The van der Waals surface area contributed by atoms with Crippen LogP contribution in [0.4, 0.5) is 5.69 Å². The molecule has 3 nitrogen and oxygen atoms in total. The fraction of sp³-hybridized carbons (Fsp3) is 0.500. The predicted octanol–water partition coefficient (Wildman–Crippen LogP) is 1.01. The van der Waals surface area contributed by atoms with Crippen molar-refractivity contribution in [3.63, 3.8) is 0 Å². The number of aryl methyl sites for hydroxylation is 1. The molecule has 0 aromatic heterocycles. The number of aliphatic hydroxyl groups excluding tert-OH is 1. The summed E-state index contributed by atoms with van der Waals surface area (Å²) in [6.07, 6.45) is -0.334. The number of anilines is 1. The van der Waals surface area contributed by atoms with E-state index in [9.17, 15) is 5.11 Å². The Balaban J connectivity index is 2.61.